The molecule has 0 radical (unpaired) electrons. The quantitative estimate of drug-likeness (QED) is 0.260. The fourth-order valence-corrected chi connectivity index (χ4v) is 5.41. The molecule has 2 saturated heterocycles. The van der Waals surface area contributed by atoms with Gasteiger partial charge in [-0.15, -0.1) is 0 Å². The largest absolute Gasteiger partial charge is 0.466 e. The van der Waals surface area contributed by atoms with E-state index in [0.717, 1.165) is 24.2 Å². The molecule has 50 heavy (non-hydrogen) atoms. The lowest BCUT2D eigenvalue weighted by Crippen LogP contribution is -2.43. The lowest BCUT2D eigenvalue weighted by molar-refractivity contribution is -0.146. The normalized spacial score (nSPS) is 16.8. The van der Waals surface area contributed by atoms with Gasteiger partial charge in [0, 0.05) is 68.3 Å². The number of piperidine rings is 2. The maximum atomic E-state index is 12.1. The van der Waals surface area contributed by atoms with Crippen LogP contribution in [0.1, 0.15) is 92.2 Å². The van der Waals surface area contributed by atoms with Crippen LogP contribution in [0, 0.1) is 5.92 Å². The first kappa shape index (κ1) is 39.7. The summed E-state index contributed by atoms with van der Waals surface area (Å²) in [4.78, 5) is 71.0. The third-order valence-corrected chi connectivity index (χ3v) is 7.86. The maximum absolute atomic E-state index is 12.1. The Morgan fingerprint density at radius 1 is 0.920 bits per heavy atom. The number of nitrogens with one attached hydrogen (secondary N) is 1. The van der Waals surface area contributed by atoms with Gasteiger partial charge in [0.25, 0.3) is 5.56 Å². The fraction of sp³-hybridized carbons (Fsp3) is 0.629. The number of carbonyl (C=O) groups excluding carboxylic acids is 4. The van der Waals surface area contributed by atoms with Gasteiger partial charge in [0.1, 0.15) is 23.4 Å². The van der Waals surface area contributed by atoms with Crippen LogP contribution in [0.2, 0.25) is 0 Å². The van der Waals surface area contributed by atoms with Crippen molar-refractivity contribution in [1.29, 1.82) is 0 Å². The highest BCUT2D eigenvalue weighted by atomic mass is 16.6. The summed E-state index contributed by atoms with van der Waals surface area (Å²) in [5.41, 5.74) is 6.45. The summed E-state index contributed by atoms with van der Waals surface area (Å²) in [6.07, 6.45) is 7.12. The number of rotatable bonds is 5. The van der Waals surface area contributed by atoms with Gasteiger partial charge >= 0.3 is 18.2 Å². The average Bonchev–Trinajstić information content (AvgIpc) is 3.72. The van der Waals surface area contributed by atoms with Gasteiger partial charge in [-0.1, -0.05) is 0 Å². The van der Waals surface area contributed by atoms with Crippen molar-refractivity contribution in [3.63, 3.8) is 0 Å². The predicted octanol–water partition coefficient (Wildman–Crippen LogP) is 4.21. The highest BCUT2D eigenvalue weighted by Crippen LogP contribution is 2.27. The second kappa shape index (κ2) is 17.8. The van der Waals surface area contributed by atoms with E-state index in [-0.39, 0.29) is 48.4 Å². The van der Waals surface area contributed by atoms with E-state index >= 15 is 0 Å². The van der Waals surface area contributed by atoms with Crippen LogP contribution >= 0.6 is 0 Å². The van der Waals surface area contributed by atoms with Crippen molar-refractivity contribution in [2.45, 2.75) is 97.7 Å². The molecule has 2 aromatic heterocycles. The summed E-state index contributed by atoms with van der Waals surface area (Å²) in [6.45, 7) is 15.9. The van der Waals surface area contributed by atoms with E-state index in [1.165, 1.54) is 4.52 Å². The number of amides is 2. The standard InChI is InChI=1S/C16H22N4O3.C15H25NO5.C4H6N2/c1-16(2,3)23-15(22)19-8-5-11(6-9-19)12-10-14(21)20-13(18-12)4-7-17-20;1-5-20-13(18)10-12(17)11-6-8-16(9-7-11)14(19)21-15(2,3)4;5-4-1-2-6-3-4/h4,7,10-11,17H,5-6,8-9H2,1-3H3;11H,5-10H2,1-4H3;1-2H,3,5H2. The zero-order valence-corrected chi connectivity index (χ0v) is 30.4. The molecule has 2 amide bonds. The van der Waals surface area contributed by atoms with E-state index in [9.17, 15) is 24.0 Å². The summed E-state index contributed by atoms with van der Waals surface area (Å²) in [5, 5.41) is 2.83. The zero-order valence-electron chi connectivity index (χ0n) is 30.4. The van der Waals surface area contributed by atoms with Crippen molar-refractivity contribution in [3.05, 3.63) is 46.2 Å². The number of hydrogen-bond donors (Lipinski definition) is 2. The van der Waals surface area contributed by atoms with Crippen molar-refractivity contribution in [2.75, 3.05) is 39.3 Å². The van der Waals surface area contributed by atoms with Crippen LogP contribution in [0.25, 0.3) is 5.65 Å². The molecule has 0 atom stereocenters. The molecule has 15 heteroatoms. The number of nitrogens with zero attached hydrogens (tertiary/aromatic N) is 5. The smallest absolute Gasteiger partial charge is 0.410 e. The zero-order chi connectivity index (χ0) is 37.1. The molecule has 0 aromatic carbocycles. The number of Topliss-reactive ketones (excluding diaryl/α,β-unsaturated/α-hetero) is 1. The van der Waals surface area contributed by atoms with Gasteiger partial charge in [0.05, 0.1) is 18.8 Å². The number of likely N-dealkylation sites (tertiary alicyclic amines) is 2. The Labute approximate surface area is 293 Å². The number of H-pyrrole nitrogens is 1. The number of allylic oxidation sites excluding steroid dienone is 1. The monoisotopic (exact) mass is 699 g/mol. The number of aromatic nitrogens is 3. The number of aliphatic imine (C=N–C) groups is 1. The summed E-state index contributed by atoms with van der Waals surface area (Å²) in [5.74, 6) is -0.552. The molecule has 3 N–H and O–H groups in total. The van der Waals surface area contributed by atoms with Crippen LogP contribution in [0.15, 0.2) is 39.9 Å². The molecule has 0 spiro atoms. The highest BCUT2D eigenvalue weighted by molar-refractivity contribution is 5.96. The fourth-order valence-electron chi connectivity index (χ4n) is 5.41. The van der Waals surface area contributed by atoms with Gasteiger partial charge in [-0.2, -0.15) is 0 Å². The summed E-state index contributed by atoms with van der Waals surface area (Å²) >= 11 is 0. The molecule has 0 bridgehead atoms. The molecule has 2 aromatic rings. The molecule has 276 valence electrons. The number of esters is 1. The number of ether oxygens (including phenoxy) is 3. The number of carbonyl (C=O) groups is 4. The van der Waals surface area contributed by atoms with Crippen LogP contribution in [0.5, 0.6) is 0 Å². The Hall–Kier alpha value is -4.69. The van der Waals surface area contributed by atoms with Crippen molar-refractivity contribution in [3.8, 4) is 0 Å². The van der Waals surface area contributed by atoms with E-state index in [1.807, 2.05) is 41.5 Å². The Morgan fingerprint density at radius 3 is 1.94 bits per heavy atom. The number of aromatic amines is 1. The van der Waals surface area contributed by atoms with Crippen molar-refractivity contribution < 1.29 is 33.4 Å². The predicted molar refractivity (Wildman–Crippen MR) is 188 cm³/mol. The van der Waals surface area contributed by atoms with Crippen molar-refractivity contribution in [1.82, 2.24) is 24.4 Å². The molecule has 15 nitrogen and oxygen atoms in total. The van der Waals surface area contributed by atoms with Crippen molar-refractivity contribution in [2.24, 2.45) is 16.6 Å². The SMILES string of the molecule is CC(C)(C)OC(=O)N1CCC(c2cc(=O)n3[nH]ccc3n2)CC1.CCOC(=O)CC(=O)C1CCN(C(=O)OC(C)(C)C)CC1.NC1=CC=NC1. The third-order valence-electron chi connectivity index (χ3n) is 7.86. The minimum absolute atomic E-state index is 0.0997. The minimum atomic E-state index is -0.520. The molecule has 2 fully saturated rings. The van der Waals surface area contributed by atoms with E-state index in [0.29, 0.717) is 51.2 Å². The summed E-state index contributed by atoms with van der Waals surface area (Å²) in [7, 11) is 0. The molecule has 5 rings (SSSR count). The molecule has 5 heterocycles. The second-order valence-electron chi connectivity index (χ2n) is 14.3. The molecular formula is C35H53N7O8. The minimum Gasteiger partial charge on any atom is -0.466 e. The third kappa shape index (κ3) is 13.0. The lowest BCUT2D eigenvalue weighted by atomic mass is 9.91. The first-order valence-electron chi connectivity index (χ1n) is 17.1. The van der Waals surface area contributed by atoms with Gasteiger partial charge in [-0.3, -0.25) is 24.5 Å². The van der Waals surface area contributed by atoms with Crippen LogP contribution in [0.4, 0.5) is 9.59 Å². The van der Waals surface area contributed by atoms with Gasteiger partial charge in [0.15, 0.2) is 5.65 Å². The number of fused-ring (bicyclic) bond motifs is 1. The van der Waals surface area contributed by atoms with Crippen LogP contribution in [-0.2, 0) is 23.8 Å². The maximum Gasteiger partial charge on any atom is 0.410 e. The second-order valence-corrected chi connectivity index (χ2v) is 14.3. The van der Waals surface area contributed by atoms with E-state index in [2.05, 4.69) is 15.1 Å². The van der Waals surface area contributed by atoms with Gasteiger partial charge < -0.3 is 29.7 Å². The Bertz CT molecular complexity index is 1580. The number of nitrogens with two attached hydrogens (primary N) is 1. The summed E-state index contributed by atoms with van der Waals surface area (Å²) in [6, 6.07) is 3.36. The molecule has 3 aliphatic heterocycles. The molecule has 0 unspecified atom stereocenters. The van der Waals surface area contributed by atoms with Crippen LogP contribution in [-0.4, -0.2) is 105 Å². The Kier molecular flexibility index (Phi) is 14.2. The first-order chi connectivity index (χ1) is 23.5. The molecular weight excluding hydrogens is 646 g/mol. The summed E-state index contributed by atoms with van der Waals surface area (Å²) < 4.78 is 16.9. The average molecular weight is 700 g/mol. The Balaban J connectivity index is 0.000000232. The number of hydrogen-bond acceptors (Lipinski definition) is 11. The van der Waals surface area contributed by atoms with Gasteiger partial charge in [-0.05, 0) is 80.2 Å². The molecule has 3 aliphatic rings. The van der Waals surface area contributed by atoms with Gasteiger partial charge in [-0.25, -0.2) is 19.1 Å². The van der Waals surface area contributed by atoms with E-state index < -0.39 is 17.2 Å². The lowest BCUT2D eigenvalue weighted by Gasteiger charge is -2.33. The Morgan fingerprint density at radius 2 is 1.48 bits per heavy atom. The first-order valence-corrected chi connectivity index (χ1v) is 17.1. The van der Waals surface area contributed by atoms with E-state index in [4.69, 9.17) is 19.9 Å². The van der Waals surface area contributed by atoms with Crippen LogP contribution in [0.3, 0.4) is 0 Å². The van der Waals surface area contributed by atoms with Crippen molar-refractivity contribution >= 4 is 35.8 Å². The molecule has 0 aliphatic carbocycles. The van der Waals surface area contributed by atoms with E-state index in [1.54, 1.807) is 47.3 Å². The topological polar surface area (TPSA) is 191 Å². The van der Waals surface area contributed by atoms with Crippen LogP contribution < -0.4 is 11.3 Å². The highest BCUT2D eigenvalue weighted by Gasteiger charge is 2.31. The number of ketones is 1. The van der Waals surface area contributed by atoms with Gasteiger partial charge in [0.2, 0.25) is 0 Å². The molecule has 0 saturated carbocycles.